The van der Waals surface area contributed by atoms with Gasteiger partial charge in [0.05, 0.1) is 5.56 Å². The molecule has 4 heteroatoms. The molecule has 1 aliphatic rings. The summed E-state index contributed by atoms with van der Waals surface area (Å²) in [4.78, 5) is 0. The van der Waals surface area contributed by atoms with E-state index >= 15 is 0 Å². The second kappa shape index (κ2) is 5.17. The molecule has 0 aliphatic heterocycles. The summed E-state index contributed by atoms with van der Waals surface area (Å²) < 4.78 is 52.5. The van der Waals surface area contributed by atoms with Crippen molar-refractivity contribution in [3.8, 4) is 11.1 Å². The lowest BCUT2D eigenvalue weighted by Crippen LogP contribution is -2.09. The first-order valence-electron chi connectivity index (χ1n) is 6.95. The Balaban J connectivity index is 2.09. The first-order valence-corrected chi connectivity index (χ1v) is 6.95. The molecule has 0 nitrogen and oxygen atoms in total. The summed E-state index contributed by atoms with van der Waals surface area (Å²) in [5.41, 5.74) is 1.66. The molecule has 0 radical (unpaired) electrons. The van der Waals surface area contributed by atoms with Crippen molar-refractivity contribution in [3.05, 3.63) is 58.9 Å². The van der Waals surface area contributed by atoms with Crippen LogP contribution in [0.15, 0.2) is 36.4 Å². The zero-order valence-electron chi connectivity index (χ0n) is 11.3. The Hall–Kier alpha value is -1.84. The molecule has 0 saturated carbocycles. The van der Waals surface area contributed by atoms with Crippen LogP contribution in [0, 0.1) is 5.82 Å². The van der Waals surface area contributed by atoms with Crippen LogP contribution in [0.5, 0.6) is 0 Å². The van der Waals surface area contributed by atoms with Gasteiger partial charge in [-0.2, -0.15) is 13.2 Å². The maximum Gasteiger partial charge on any atom is 0.419 e. The second-order valence-electron chi connectivity index (χ2n) is 5.36. The minimum Gasteiger partial charge on any atom is -0.206 e. The van der Waals surface area contributed by atoms with E-state index in [-0.39, 0.29) is 5.56 Å². The molecule has 0 bridgehead atoms. The zero-order chi connectivity index (χ0) is 15.0. The molecule has 0 amide bonds. The molecule has 2 aromatic carbocycles. The molecule has 0 atom stereocenters. The highest BCUT2D eigenvalue weighted by atomic mass is 19.4. The predicted molar refractivity (Wildman–Crippen MR) is 73.5 cm³/mol. The van der Waals surface area contributed by atoms with Crippen LogP contribution in [0.1, 0.15) is 29.5 Å². The second-order valence-corrected chi connectivity index (χ2v) is 5.36. The van der Waals surface area contributed by atoms with Crippen molar-refractivity contribution in [1.82, 2.24) is 0 Å². The Kier molecular flexibility index (Phi) is 3.47. The van der Waals surface area contributed by atoms with E-state index in [2.05, 4.69) is 0 Å². The van der Waals surface area contributed by atoms with Crippen LogP contribution < -0.4 is 0 Å². The molecule has 21 heavy (non-hydrogen) atoms. The first kappa shape index (κ1) is 14.1. The van der Waals surface area contributed by atoms with Gasteiger partial charge >= 0.3 is 6.18 Å². The van der Waals surface area contributed by atoms with Crippen LogP contribution in [-0.2, 0) is 19.0 Å². The predicted octanol–water partition coefficient (Wildman–Crippen LogP) is 5.39. The molecular formula is C17H14F4. The van der Waals surface area contributed by atoms with Gasteiger partial charge in [0, 0.05) is 5.56 Å². The van der Waals surface area contributed by atoms with Gasteiger partial charge in [0.15, 0.2) is 0 Å². The van der Waals surface area contributed by atoms with Crippen LogP contribution in [0.4, 0.5) is 17.6 Å². The minimum absolute atomic E-state index is 0.0122. The molecule has 0 aromatic heterocycles. The van der Waals surface area contributed by atoms with Crippen LogP contribution in [0.3, 0.4) is 0 Å². The third-order valence-corrected chi connectivity index (χ3v) is 3.96. The van der Waals surface area contributed by atoms with Crippen molar-refractivity contribution in [3.63, 3.8) is 0 Å². The Bertz CT molecular complexity index is 671. The van der Waals surface area contributed by atoms with Gasteiger partial charge in [-0.1, -0.05) is 30.3 Å². The average molecular weight is 294 g/mol. The number of hydrogen-bond donors (Lipinski definition) is 0. The van der Waals surface area contributed by atoms with Crippen LogP contribution >= 0.6 is 0 Å². The van der Waals surface area contributed by atoms with Gasteiger partial charge in [-0.25, -0.2) is 4.39 Å². The molecule has 110 valence electrons. The van der Waals surface area contributed by atoms with E-state index in [0.717, 1.165) is 37.3 Å². The van der Waals surface area contributed by atoms with Crippen molar-refractivity contribution in [1.29, 1.82) is 0 Å². The maximum absolute atomic E-state index is 14.2. The molecule has 1 aliphatic carbocycles. The lowest BCUT2D eigenvalue weighted by atomic mass is 9.89. The van der Waals surface area contributed by atoms with E-state index < -0.39 is 17.6 Å². The average Bonchev–Trinajstić information content (AvgIpc) is 2.46. The molecular weight excluding hydrogens is 280 g/mol. The molecule has 0 unspecified atom stereocenters. The highest BCUT2D eigenvalue weighted by Gasteiger charge is 2.34. The number of aryl methyl sites for hydroxylation is 2. The van der Waals surface area contributed by atoms with Gasteiger partial charge in [0.2, 0.25) is 0 Å². The van der Waals surface area contributed by atoms with Crippen molar-refractivity contribution in [2.45, 2.75) is 31.9 Å². The number of hydrogen-bond acceptors (Lipinski definition) is 0. The lowest BCUT2D eigenvalue weighted by Gasteiger charge is -2.17. The Morgan fingerprint density at radius 2 is 1.57 bits per heavy atom. The van der Waals surface area contributed by atoms with Gasteiger partial charge < -0.3 is 0 Å². The van der Waals surface area contributed by atoms with Gasteiger partial charge in [-0.15, -0.1) is 0 Å². The maximum atomic E-state index is 14.2. The summed E-state index contributed by atoms with van der Waals surface area (Å²) in [5, 5.41) is 0. The van der Waals surface area contributed by atoms with Crippen LogP contribution in [-0.4, -0.2) is 0 Å². The quantitative estimate of drug-likeness (QED) is 0.618. The number of fused-ring (bicyclic) bond motifs is 1. The molecule has 0 N–H and O–H groups in total. The van der Waals surface area contributed by atoms with Crippen molar-refractivity contribution < 1.29 is 17.6 Å². The summed E-state index contributed by atoms with van der Waals surface area (Å²) in [5.74, 6) is -1.19. The molecule has 0 spiro atoms. The van der Waals surface area contributed by atoms with Crippen LogP contribution in [0.25, 0.3) is 11.1 Å². The van der Waals surface area contributed by atoms with E-state index in [0.29, 0.717) is 5.56 Å². The molecule has 0 heterocycles. The third-order valence-electron chi connectivity index (χ3n) is 3.96. The van der Waals surface area contributed by atoms with Crippen LogP contribution in [0.2, 0.25) is 0 Å². The SMILES string of the molecule is Fc1c(-c2ccc3c(c2)CCCC3)cccc1C(F)(F)F. The van der Waals surface area contributed by atoms with Crippen molar-refractivity contribution >= 4 is 0 Å². The standard InChI is InChI=1S/C17H14F4/c18-16-14(6-3-7-15(16)17(19,20)21)13-9-8-11-4-1-2-5-12(11)10-13/h3,6-10H,1-2,4-5H2. The number of benzene rings is 2. The Labute approximate surface area is 120 Å². The van der Waals surface area contributed by atoms with E-state index in [1.54, 1.807) is 6.07 Å². The topological polar surface area (TPSA) is 0 Å². The normalized spacial score (nSPS) is 14.9. The first-order chi connectivity index (χ1) is 9.97. The summed E-state index contributed by atoms with van der Waals surface area (Å²) >= 11 is 0. The van der Waals surface area contributed by atoms with Gasteiger partial charge in [-0.05, 0) is 48.4 Å². The number of alkyl halides is 3. The monoisotopic (exact) mass is 294 g/mol. The Morgan fingerprint density at radius 3 is 2.29 bits per heavy atom. The van der Waals surface area contributed by atoms with Crippen molar-refractivity contribution in [2.24, 2.45) is 0 Å². The summed E-state index contributed by atoms with van der Waals surface area (Å²) in [7, 11) is 0. The summed E-state index contributed by atoms with van der Waals surface area (Å²) in [6, 6.07) is 8.87. The molecule has 3 rings (SSSR count). The Morgan fingerprint density at radius 1 is 0.857 bits per heavy atom. The number of rotatable bonds is 1. The smallest absolute Gasteiger partial charge is 0.206 e. The van der Waals surface area contributed by atoms with Gasteiger partial charge in [0.1, 0.15) is 5.82 Å². The summed E-state index contributed by atoms with van der Waals surface area (Å²) in [6.45, 7) is 0. The summed E-state index contributed by atoms with van der Waals surface area (Å²) in [6.07, 6.45) is -0.579. The molecule has 0 fully saturated rings. The van der Waals surface area contributed by atoms with E-state index in [9.17, 15) is 17.6 Å². The van der Waals surface area contributed by atoms with Crippen molar-refractivity contribution in [2.75, 3.05) is 0 Å². The van der Waals surface area contributed by atoms with Gasteiger partial charge in [-0.3, -0.25) is 0 Å². The van der Waals surface area contributed by atoms with E-state index in [1.165, 1.54) is 17.7 Å². The fraction of sp³-hybridized carbons (Fsp3) is 0.294. The van der Waals surface area contributed by atoms with Gasteiger partial charge in [0.25, 0.3) is 0 Å². The lowest BCUT2D eigenvalue weighted by molar-refractivity contribution is -0.139. The minimum atomic E-state index is -4.67. The third kappa shape index (κ3) is 2.67. The highest BCUT2D eigenvalue weighted by molar-refractivity contribution is 5.67. The van der Waals surface area contributed by atoms with E-state index in [1.807, 2.05) is 12.1 Å². The van der Waals surface area contributed by atoms with E-state index in [4.69, 9.17) is 0 Å². The molecule has 2 aromatic rings. The highest BCUT2D eigenvalue weighted by Crippen LogP contribution is 2.36. The largest absolute Gasteiger partial charge is 0.419 e. The fourth-order valence-electron chi connectivity index (χ4n) is 2.87. The molecule has 0 saturated heterocycles. The number of halogens is 4. The fourth-order valence-corrected chi connectivity index (χ4v) is 2.87. The zero-order valence-corrected chi connectivity index (χ0v) is 11.3.